The second kappa shape index (κ2) is 12.3. The van der Waals surface area contributed by atoms with Gasteiger partial charge in [-0.1, -0.05) is 39.0 Å². The number of ketones is 1. The minimum atomic E-state index is -3.41. The lowest BCUT2D eigenvalue weighted by atomic mass is 9.71. The quantitative estimate of drug-likeness (QED) is 0.189. The number of thiophene rings is 1. The summed E-state index contributed by atoms with van der Waals surface area (Å²) < 4.78 is 26.4. The maximum absolute atomic E-state index is 13.8. The van der Waals surface area contributed by atoms with Gasteiger partial charge < -0.3 is 4.90 Å². The molecular formula is C35H42N4O3S2. The average Bonchev–Trinajstić information content (AvgIpc) is 3.36. The number of carbonyl (C=O) groups excluding carboxylic acids is 1. The van der Waals surface area contributed by atoms with Gasteiger partial charge in [-0.3, -0.25) is 14.5 Å². The fourth-order valence-electron chi connectivity index (χ4n) is 6.68. The minimum Gasteiger partial charge on any atom is -0.302 e. The first-order valence-electron chi connectivity index (χ1n) is 15.6. The Kier molecular flexibility index (Phi) is 8.65. The zero-order chi connectivity index (χ0) is 31.1. The molecule has 1 N–H and O–H groups in total. The maximum Gasteiger partial charge on any atom is 0.229 e. The van der Waals surface area contributed by atoms with Crippen molar-refractivity contribution in [2.45, 2.75) is 64.7 Å². The molecule has 44 heavy (non-hydrogen) atoms. The topological polar surface area (TPSA) is 92.3 Å². The highest BCUT2D eigenvalue weighted by molar-refractivity contribution is 7.92. The average molecular weight is 631 g/mol. The zero-order valence-electron chi connectivity index (χ0n) is 26.0. The molecule has 9 heteroatoms. The summed E-state index contributed by atoms with van der Waals surface area (Å²) in [7, 11) is -3.41. The van der Waals surface area contributed by atoms with E-state index in [4.69, 9.17) is 4.98 Å². The third-order valence-corrected chi connectivity index (χ3v) is 11.0. The molecule has 0 spiro atoms. The maximum atomic E-state index is 13.8. The number of benzene rings is 1. The highest BCUT2D eigenvalue weighted by Crippen LogP contribution is 2.39. The molecule has 0 saturated carbocycles. The van der Waals surface area contributed by atoms with E-state index in [2.05, 4.69) is 47.5 Å². The van der Waals surface area contributed by atoms with Crippen molar-refractivity contribution in [1.29, 1.82) is 0 Å². The van der Waals surface area contributed by atoms with Gasteiger partial charge in [0.05, 0.1) is 11.1 Å². The summed E-state index contributed by atoms with van der Waals surface area (Å²) in [6, 6.07) is 17.8. The van der Waals surface area contributed by atoms with Crippen molar-refractivity contribution in [3.05, 3.63) is 88.2 Å². The van der Waals surface area contributed by atoms with Gasteiger partial charge >= 0.3 is 0 Å². The Morgan fingerprint density at radius 3 is 2.66 bits per heavy atom. The smallest absolute Gasteiger partial charge is 0.229 e. The number of Topliss-reactive ketones (excluding diaryl/α,β-unsaturated/α-hetero) is 1. The summed E-state index contributed by atoms with van der Waals surface area (Å²) in [4.78, 5) is 27.5. The van der Waals surface area contributed by atoms with Crippen molar-refractivity contribution in [1.82, 2.24) is 14.9 Å². The van der Waals surface area contributed by atoms with Gasteiger partial charge in [-0.05, 0) is 97.0 Å². The Balaban J connectivity index is 1.19. The number of rotatable bonds is 10. The van der Waals surface area contributed by atoms with Crippen LogP contribution in [0.3, 0.4) is 0 Å². The number of pyridine rings is 2. The summed E-state index contributed by atoms with van der Waals surface area (Å²) >= 11 is 1.50. The van der Waals surface area contributed by atoms with Gasteiger partial charge in [0, 0.05) is 54.1 Å². The molecule has 0 radical (unpaired) electrons. The molecule has 4 heterocycles. The number of hydrogen-bond donors (Lipinski definition) is 1. The van der Waals surface area contributed by atoms with Crippen molar-refractivity contribution < 1.29 is 13.2 Å². The lowest BCUT2D eigenvalue weighted by Crippen LogP contribution is -2.45. The molecule has 1 aliphatic heterocycles. The molecule has 0 unspecified atom stereocenters. The summed E-state index contributed by atoms with van der Waals surface area (Å²) in [5, 5.41) is 1.06. The van der Waals surface area contributed by atoms with Crippen LogP contribution in [0.1, 0.15) is 84.1 Å². The van der Waals surface area contributed by atoms with Crippen molar-refractivity contribution in [2.75, 3.05) is 30.6 Å². The SMILES string of the molecule is CC(C)(C)[C@H]1CCc2nc3sc(C(=O)C[C@H](CCN4CC(c5ccccn5)C4)c4cccc(NS(C)(=O)=O)c4)cc3cc2C1. The molecule has 1 aromatic carbocycles. The van der Waals surface area contributed by atoms with E-state index in [0.717, 1.165) is 77.9 Å². The van der Waals surface area contributed by atoms with E-state index in [0.29, 0.717) is 23.9 Å². The number of likely N-dealkylation sites (tertiary alicyclic amines) is 1. The Morgan fingerprint density at radius 1 is 1.11 bits per heavy atom. The molecule has 3 aromatic heterocycles. The second-order valence-electron chi connectivity index (χ2n) is 13.7. The van der Waals surface area contributed by atoms with Gasteiger partial charge in [0.15, 0.2) is 5.78 Å². The van der Waals surface area contributed by atoms with E-state index in [1.165, 1.54) is 22.6 Å². The Hall–Kier alpha value is -3.14. The van der Waals surface area contributed by atoms with Gasteiger partial charge in [0.2, 0.25) is 10.0 Å². The third kappa shape index (κ3) is 7.22. The Bertz CT molecular complexity index is 1760. The van der Waals surface area contributed by atoms with Crippen molar-refractivity contribution in [2.24, 2.45) is 11.3 Å². The number of carbonyl (C=O) groups is 1. The molecule has 2 aliphatic rings. The van der Waals surface area contributed by atoms with Gasteiger partial charge in [-0.15, -0.1) is 11.3 Å². The molecule has 2 atom stereocenters. The lowest BCUT2D eigenvalue weighted by Gasteiger charge is -2.39. The Morgan fingerprint density at radius 2 is 1.93 bits per heavy atom. The number of sulfonamides is 1. The fourth-order valence-corrected chi connectivity index (χ4v) is 8.21. The van der Waals surface area contributed by atoms with Crippen LogP contribution in [-0.4, -0.2) is 55.0 Å². The molecular weight excluding hydrogens is 589 g/mol. The van der Waals surface area contributed by atoms with Crippen LogP contribution in [-0.2, 0) is 22.9 Å². The van der Waals surface area contributed by atoms with Crippen LogP contribution in [0.15, 0.2) is 60.8 Å². The number of anilines is 1. The third-order valence-electron chi connectivity index (χ3n) is 9.32. The molecule has 1 saturated heterocycles. The standard InChI is InChI=1S/C35H42N4O3S2/c1-35(2,3)28-11-12-31-25(17-28)16-26-20-33(43-34(26)37-31)32(40)19-24(23-8-7-9-29(18-23)38-44(4,41)42)13-15-39-21-27(22-39)30-10-5-6-14-36-30/h5-10,14,16,18,20,24,27-28,38H,11-13,15,17,19,21-22H2,1-4H3/t24-,28-/m0/s1. The van der Waals surface area contributed by atoms with Crippen molar-refractivity contribution in [3.8, 4) is 0 Å². The first-order chi connectivity index (χ1) is 20.9. The molecule has 0 bridgehead atoms. The van der Waals surface area contributed by atoms with E-state index in [9.17, 15) is 13.2 Å². The lowest BCUT2D eigenvalue weighted by molar-refractivity contribution is 0.0966. The molecule has 6 rings (SSSR count). The fraction of sp³-hybridized carbons (Fsp3) is 0.457. The first-order valence-corrected chi connectivity index (χ1v) is 18.3. The first kappa shape index (κ1) is 30.9. The second-order valence-corrected chi connectivity index (χ2v) is 16.5. The van der Waals surface area contributed by atoms with Gasteiger partial charge in [0.25, 0.3) is 0 Å². The number of fused-ring (bicyclic) bond motifs is 2. The zero-order valence-corrected chi connectivity index (χ0v) is 27.7. The van der Waals surface area contributed by atoms with Gasteiger partial charge in [-0.2, -0.15) is 0 Å². The molecule has 7 nitrogen and oxygen atoms in total. The predicted molar refractivity (Wildman–Crippen MR) is 179 cm³/mol. The molecule has 1 fully saturated rings. The number of aromatic nitrogens is 2. The number of nitrogens with one attached hydrogen (secondary N) is 1. The monoisotopic (exact) mass is 630 g/mol. The number of nitrogens with zero attached hydrogens (tertiary/aromatic N) is 3. The van der Waals surface area contributed by atoms with Crippen molar-refractivity contribution >= 4 is 43.0 Å². The van der Waals surface area contributed by atoms with Crippen LogP contribution in [0.5, 0.6) is 0 Å². The molecule has 1 aliphatic carbocycles. The van der Waals surface area contributed by atoms with E-state index >= 15 is 0 Å². The molecule has 0 amide bonds. The summed E-state index contributed by atoms with van der Waals surface area (Å²) in [6.45, 7) is 9.73. The normalized spacial score (nSPS) is 18.5. The highest BCUT2D eigenvalue weighted by Gasteiger charge is 2.31. The highest BCUT2D eigenvalue weighted by atomic mass is 32.2. The molecule has 232 valence electrons. The van der Waals surface area contributed by atoms with Gasteiger partial charge in [-0.25, -0.2) is 13.4 Å². The Labute approximate surface area is 265 Å². The van der Waals surface area contributed by atoms with E-state index in [1.54, 1.807) is 6.07 Å². The predicted octanol–water partition coefficient (Wildman–Crippen LogP) is 7.06. The summed E-state index contributed by atoms with van der Waals surface area (Å²) in [5.74, 6) is 1.14. The van der Waals surface area contributed by atoms with Crippen LogP contribution >= 0.6 is 11.3 Å². The summed E-state index contributed by atoms with van der Waals surface area (Å²) in [5.41, 5.74) is 5.39. The van der Waals surface area contributed by atoms with Crippen LogP contribution in [0, 0.1) is 11.3 Å². The van der Waals surface area contributed by atoms with Crippen LogP contribution in [0.2, 0.25) is 0 Å². The summed E-state index contributed by atoms with van der Waals surface area (Å²) in [6.07, 6.45) is 7.34. The number of hydrogen-bond acceptors (Lipinski definition) is 7. The van der Waals surface area contributed by atoms with E-state index in [1.807, 2.05) is 42.6 Å². The van der Waals surface area contributed by atoms with Crippen LogP contribution in [0.4, 0.5) is 5.69 Å². The van der Waals surface area contributed by atoms with E-state index in [-0.39, 0.29) is 17.1 Å². The van der Waals surface area contributed by atoms with Crippen molar-refractivity contribution in [3.63, 3.8) is 0 Å². The van der Waals surface area contributed by atoms with Crippen LogP contribution in [0.25, 0.3) is 10.2 Å². The van der Waals surface area contributed by atoms with Crippen LogP contribution < -0.4 is 4.72 Å². The minimum absolute atomic E-state index is 0.0448. The molecule has 4 aromatic rings. The number of aryl methyl sites for hydroxylation is 1. The van der Waals surface area contributed by atoms with E-state index < -0.39 is 10.0 Å². The largest absolute Gasteiger partial charge is 0.302 e. The van der Waals surface area contributed by atoms with Gasteiger partial charge in [0.1, 0.15) is 4.83 Å².